The maximum atomic E-state index is 12.9. The number of nitrogens with one attached hydrogen (secondary N) is 1. The highest BCUT2D eigenvalue weighted by Gasteiger charge is 2.50. The van der Waals surface area contributed by atoms with Crippen LogP contribution in [0, 0.1) is 24.0 Å². The van der Waals surface area contributed by atoms with Crippen molar-refractivity contribution in [2.24, 2.45) is 0 Å². The molecule has 1 N–H and O–H groups in total. The molecule has 7 heteroatoms. The molecule has 4 rings (SSSR count). The smallest absolute Gasteiger partial charge is 0.325 e. The molecule has 2 aliphatic rings. The van der Waals surface area contributed by atoms with Gasteiger partial charge in [-0.2, -0.15) is 0 Å². The van der Waals surface area contributed by atoms with Crippen LogP contribution in [0.3, 0.4) is 0 Å². The molecule has 0 spiro atoms. The molecule has 0 radical (unpaired) electrons. The molecule has 2 atom stereocenters. The summed E-state index contributed by atoms with van der Waals surface area (Å²) >= 11 is 0. The first-order valence-electron chi connectivity index (χ1n) is 8.43. The van der Waals surface area contributed by atoms with E-state index in [0.717, 1.165) is 16.8 Å². The van der Waals surface area contributed by atoms with Crippen LogP contribution >= 0.6 is 0 Å². The summed E-state index contributed by atoms with van der Waals surface area (Å²) in [6, 6.07) is 9.86. The number of carbonyl (C=O) groups excluding carboxylic acids is 1. The van der Waals surface area contributed by atoms with Crippen molar-refractivity contribution >= 4 is 17.4 Å². The number of nitro groups is 1. The van der Waals surface area contributed by atoms with E-state index in [-0.39, 0.29) is 17.8 Å². The molecule has 2 aromatic rings. The Morgan fingerprint density at radius 2 is 1.92 bits per heavy atom. The molecule has 0 aromatic heterocycles. The van der Waals surface area contributed by atoms with Crippen molar-refractivity contribution in [2.75, 3.05) is 4.90 Å². The van der Waals surface area contributed by atoms with Crippen LogP contribution in [0.25, 0.3) is 0 Å². The summed E-state index contributed by atoms with van der Waals surface area (Å²) in [6.45, 7) is 5.85. The number of hydrogen-bond donors (Lipinski definition) is 1. The van der Waals surface area contributed by atoms with Crippen LogP contribution in [-0.4, -0.2) is 16.7 Å². The number of benzene rings is 2. The predicted octanol–water partition coefficient (Wildman–Crippen LogP) is 3.98. The number of carbonyl (C=O) groups is 1. The van der Waals surface area contributed by atoms with Crippen LogP contribution in [0.5, 0.6) is 5.75 Å². The minimum atomic E-state index is -0.865. The van der Waals surface area contributed by atoms with Gasteiger partial charge >= 0.3 is 6.03 Å². The fourth-order valence-electron chi connectivity index (χ4n) is 3.95. The molecule has 134 valence electrons. The normalized spacial score (nSPS) is 23.7. The summed E-state index contributed by atoms with van der Waals surface area (Å²) in [7, 11) is 0. The van der Waals surface area contributed by atoms with Gasteiger partial charge in [0.1, 0.15) is 5.75 Å². The fraction of sp³-hybridized carbons (Fsp3) is 0.316. The number of non-ortho nitro benzene ring substituents is 1. The second kappa shape index (κ2) is 5.45. The summed E-state index contributed by atoms with van der Waals surface area (Å²) in [5.74, 6) is 0.559. The summed E-state index contributed by atoms with van der Waals surface area (Å²) in [5, 5.41) is 14.0. The molecular weight excluding hydrogens is 334 g/mol. The Balaban J connectivity index is 1.79. The van der Waals surface area contributed by atoms with Crippen molar-refractivity contribution in [1.29, 1.82) is 0 Å². The van der Waals surface area contributed by atoms with Gasteiger partial charge in [-0.05, 0) is 50.1 Å². The zero-order valence-electron chi connectivity index (χ0n) is 14.8. The van der Waals surface area contributed by atoms with Gasteiger partial charge in [-0.25, -0.2) is 4.79 Å². The first kappa shape index (κ1) is 16.4. The lowest BCUT2D eigenvalue weighted by molar-refractivity contribution is -0.385. The van der Waals surface area contributed by atoms with E-state index in [1.165, 1.54) is 12.1 Å². The molecule has 2 aliphatic heterocycles. The first-order chi connectivity index (χ1) is 12.3. The summed E-state index contributed by atoms with van der Waals surface area (Å²) in [4.78, 5) is 25.1. The Labute approximate surface area is 150 Å². The quantitative estimate of drug-likeness (QED) is 0.654. The number of ether oxygens (including phenoxy) is 1. The SMILES string of the molecule is Cc1cc(C)cc(N2C(=O)NC3CC2(C)Oc2ccc([N+](=O)[O-])cc23)c1. The lowest BCUT2D eigenvalue weighted by Gasteiger charge is -2.50. The number of amides is 2. The van der Waals surface area contributed by atoms with Gasteiger partial charge in [0.2, 0.25) is 0 Å². The zero-order valence-corrected chi connectivity index (χ0v) is 14.8. The number of rotatable bonds is 2. The number of aryl methyl sites for hydroxylation is 2. The van der Waals surface area contributed by atoms with E-state index in [9.17, 15) is 14.9 Å². The predicted molar refractivity (Wildman–Crippen MR) is 96.4 cm³/mol. The Kier molecular flexibility index (Phi) is 3.44. The van der Waals surface area contributed by atoms with E-state index in [1.807, 2.05) is 39.0 Å². The standard InChI is InChI=1S/C19H19N3O4/c1-11-6-12(2)8-14(7-11)21-18(23)20-16-10-19(21,3)26-17-5-4-13(22(24)25)9-15(16)17/h4-9,16H,10H2,1-3H3,(H,20,23). The maximum Gasteiger partial charge on any atom is 0.325 e. The van der Waals surface area contributed by atoms with Gasteiger partial charge in [0.25, 0.3) is 5.69 Å². The number of fused-ring (bicyclic) bond motifs is 4. The van der Waals surface area contributed by atoms with Crippen LogP contribution in [0.15, 0.2) is 36.4 Å². The number of anilines is 1. The van der Waals surface area contributed by atoms with Gasteiger partial charge in [-0.3, -0.25) is 15.0 Å². The molecule has 2 bridgehead atoms. The van der Waals surface area contributed by atoms with E-state index in [1.54, 1.807) is 11.0 Å². The van der Waals surface area contributed by atoms with Crippen molar-refractivity contribution in [3.05, 3.63) is 63.2 Å². The Morgan fingerprint density at radius 1 is 1.23 bits per heavy atom. The van der Waals surface area contributed by atoms with Crippen LogP contribution in [0.2, 0.25) is 0 Å². The Hall–Kier alpha value is -3.09. The highest BCUT2D eigenvalue weighted by Crippen LogP contribution is 2.46. The Bertz CT molecular complexity index is 922. The molecule has 2 heterocycles. The third-order valence-corrected chi connectivity index (χ3v) is 4.93. The maximum absolute atomic E-state index is 12.9. The van der Waals surface area contributed by atoms with Gasteiger partial charge in [0.15, 0.2) is 5.72 Å². The third-order valence-electron chi connectivity index (χ3n) is 4.93. The van der Waals surface area contributed by atoms with Gasteiger partial charge in [-0.1, -0.05) is 6.07 Å². The second-order valence-corrected chi connectivity index (χ2v) is 7.14. The number of hydrogen-bond acceptors (Lipinski definition) is 4. The van der Waals surface area contributed by atoms with Crippen molar-refractivity contribution in [3.8, 4) is 5.75 Å². The minimum absolute atomic E-state index is 0.0121. The average Bonchev–Trinajstić information content (AvgIpc) is 2.52. The van der Waals surface area contributed by atoms with Gasteiger partial charge < -0.3 is 10.1 Å². The number of nitro benzene ring substituents is 1. The third kappa shape index (κ3) is 2.47. The molecule has 7 nitrogen and oxygen atoms in total. The van der Waals surface area contributed by atoms with Crippen LogP contribution in [-0.2, 0) is 0 Å². The van der Waals surface area contributed by atoms with E-state index in [2.05, 4.69) is 5.32 Å². The molecule has 26 heavy (non-hydrogen) atoms. The highest BCUT2D eigenvalue weighted by atomic mass is 16.6. The molecular formula is C19H19N3O4. The van der Waals surface area contributed by atoms with Gasteiger partial charge in [-0.15, -0.1) is 0 Å². The van der Waals surface area contributed by atoms with Crippen molar-refractivity contribution in [1.82, 2.24) is 5.32 Å². The Morgan fingerprint density at radius 3 is 2.58 bits per heavy atom. The molecule has 1 saturated heterocycles. The molecule has 2 unspecified atom stereocenters. The average molecular weight is 353 g/mol. The van der Waals surface area contributed by atoms with Crippen molar-refractivity contribution < 1.29 is 14.5 Å². The molecule has 0 saturated carbocycles. The van der Waals surface area contributed by atoms with E-state index in [0.29, 0.717) is 17.7 Å². The topological polar surface area (TPSA) is 84.7 Å². The first-order valence-corrected chi connectivity index (χ1v) is 8.43. The largest absolute Gasteiger partial charge is 0.467 e. The number of nitrogens with zero attached hydrogens (tertiary/aromatic N) is 2. The monoisotopic (exact) mass is 353 g/mol. The summed E-state index contributed by atoms with van der Waals surface area (Å²) in [6.07, 6.45) is 0.500. The summed E-state index contributed by atoms with van der Waals surface area (Å²) < 4.78 is 6.18. The van der Waals surface area contributed by atoms with Crippen molar-refractivity contribution in [2.45, 2.75) is 39.0 Å². The van der Waals surface area contributed by atoms with E-state index >= 15 is 0 Å². The lowest BCUT2D eigenvalue weighted by Crippen LogP contribution is -2.65. The lowest BCUT2D eigenvalue weighted by atomic mass is 9.89. The van der Waals surface area contributed by atoms with Crippen LogP contribution in [0.1, 0.15) is 36.1 Å². The van der Waals surface area contributed by atoms with Gasteiger partial charge in [0, 0.05) is 29.8 Å². The molecule has 1 fully saturated rings. The van der Waals surface area contributed by atoms with Crippen LogP contribution in [0.4, 0.5) is 16.2 Å². The van der Waals surface area contributed by atoms with Crippen molar-refractivity contribution in [3.63, 3.8) is 0 Å². The molecule has 2 amide bonds. The fourth-order valence-corrected chi connectivity index (χ4v) is 3.95. The highest BCUT2D eigenvalue weighted by molar-refractivity contribution is 5.95. The van der Waals surface area contributed by atoms with Gasteiger partial charge in [0.05, 0.1) is 11.0 Å². The molecule has 0 aliphatic carbocycles. The van der Waals surface area contributed by atoms with Crippen LogP contribution < -0.4 is 15.0 Å². The summed E-state index contributed by atoms with van der Waals surface area (Å²) in [5.41, 5.74) is 2.66. The van der Waals surface area contributed by atoms with E-state index in [4.69, 9.17) is 4.74 Å². The second-order valence-electron chi connectivity index (χ2n) is 7.14. The minimum Gasteiger partial charge on any atom is -0.467 e. The van der Waals surface area contributed by atoms with E-state index < -0.39 is 10.6 Å². The number of urea groups is 1. The molecule has 2 aromatic carbocycles. The zero-order chi connectivity index (χ0) is 18.6.